The second-order valence-electron chi connectivity index (χ2n) is 5.91. The van der Waals surface area contributed by atoms with Crippen LogP contribution in [0.1, 0.15) is 0 Å². The number of rotatable bonds is 10. The van der Waals surface area contributed by atoms with Gasteiger partial charge in [-0.2, -0.15) is 0 Å². The zero-order valence-corrected chi connectivity index (χ0v) is 18.3. The topological polar surface area (TPSA) is 124 Å². The molecule has 0 aliphatic carbocycles. The Morgan fingerprint density at radius 1 is 0.933 bits per heavy atom. The van der Waals surface area contributed by atoms with E-state index >= 15 is 0 Å². The fourth-order valence-corrected chi connectivity index (χ4v) is 5.01. The molecule has 0 bridgehead atoms. The number of hydrogen-bond donors (Lipinski definition) is 2. The summed E-state index contributed by atoms with van der Waals surface area (Å²) in [4.78, 5) is 3.86. The number of anilines is 2. The third-order valence-electron chi connectivity index (χ3n) is 3.77. The summed E-state index contributed by atoms with van der Waals surface area (Å²) in [5.74, 6) is 0.919. The maximum Gasteiger partial charge on any atom is 0.263 e. The molecule has 2 N–H and O–H groups in total. The third-order valence-corrected chi connectivity index (χ3v) is 7.20. The van der Waals surface area contributed by atoms with Gasteiger partial charge in [-0.25, -0.2) is 21.8 Å². The smallest absolute Gasteiger partial charge is 0.263 e. The van der Waals surface area contributed by atoms with Gasteiger partial charge in [0.05, 0.1) is 12.0 Å². The van der Waals surface area contributed by atoms with E-state index in [0.717, 1.165) is 11.3 Å². The maximum absolute atomic E-state index is 12.3. The normalized spacial score (nSPS) is 11.6. The molecule has 0 aliphatic rings. The Labute approximate surface area is 178 Å². The molecule has 30 heavy (non-hydrogen) atoms. The average Bonchev–Trinajstić information content (AvgIpc) is 3.21. The number of thiazole rings is 1. The predicted octanol–water partition coefficient (Wildman–Crippen LogP) is 2.77. The van der Waals surface area contributed by atoms with Crippen molar-refractivity contribution in [3.63, 3.8) is 0 Å². The average molecular weight is 470 g/mol. The molecule has 0 fully saturated rings. The summed E-state index contributed by atoms with van der Waals surface area (Å²) in [7, 11) is -5.93. The van der Waals surface area contributed by atoms with Crippen LogP contribution in [0.4, 0.5) is 10.8 Å². The van der Waals surface area contributed by atoms with Crippen molar-refractivity contribution in [1.29, 1.82) is 0 Å². The van der Waals surface area contributed by atoms with Crippen molar-refractivity contribution >= 4 is 42.2 Å². The lowest BCUT2D eigenvalue weighted by molar-refractivity contribution is 0.340. The second kappa shape index (κ2) is 9.32. The number of aromatic nitrogens is 1. The highest BCUT2D eigenvalue weighted by molar-refractivity contribution is 7.93. The lowest BCUT2D eigenvalue weighted by Crippen LogP contribution is -2.21. The summed E-state index contributed by atoms with van der Waals surface area (Å²) in [6.07, 6.45) is 1.48. The molecule has 0 radical (unpaired) electrons. The molecule has 3 rings (SSSR count). The van der Waals surface area contributed by atoms with Crippen LogP contribution < -0.4 is 18.9 Å². The first kappa shape index (κ1) is 21.9. The van der Waals surface area contributed by atoms with Crippen molar-refractivity contribution < 1.29 is 26.3 Å². The Kier molecular flexibility index (Phi) is 6.80. The number of nitrogens with zero attached hydrogens (tertiary/aromatic N) is 1. The Morgan fingerprint density at radius 2 is 1.60 bits per heavy atom. The molecular weight excluding hydrogens is 450 g/mol. The molecule has 0 saturated heterocycles. The first-order valence-electron chi connectivity index (χ1n) is 8.57. The highest BCUT2D eigenvalue weighted by Crippen LogP contribution is 2.20. The van der Waals surface area contributed by atoms with Gasteiger partial charge in [0.2, 0.25) is 10.0 Å². The van der Waals surface area contributed by atoms with Crippen molar-refractivity contribution in [2.75, 3.05) is 28.9 Å². The fraction of sp³-hybridized carbons (Fsp3) is 0.167. The molecule has 9 nitrogen and oxygen atoms in total. The molecule has 0 atom stereocenters. The monoisotopic (exact) mass is 469 g/mol. The summed E-state index contributed by atoms with van der Waals surface area (Å²) in [5, 5.41) is 1.89. The molecule has 1 heterocycles. The van der Waals surface area contributed by atoms with Crippen molar-refractivity contribution in [3.05, 3.63) is 60.1 Å². The van der Waals surface area contributed by atoms with Gasteiger partial charge < -0.3 is 9.47 Å². The van der Waals surface area contributed by atoms with E-state index in [0.29, 0.717) is 11.5 Å². The zero-order valence-electron chi connectivity index (χ0n) is 15.8. The van der Waals surface area contributed by atoms with Crippen LogP contribution in [0.15, 0.2) is 65.0 Å². The van der Waals surface area contributed by atoms with Crippen molar-refractivity contribution in [2.24, 2.45) is 0 Å². The minimum Gasteiger partial charge on any atom is -0.497 e. The Morgan fingerprint density at radius 3 is 2.20 bits per heavy atom. The number of nitrogens with one attached hydrogen (secondary N) is 2. The van der Waals surface area contributed by atoms with E-state index in [9.17, 15) is 16.8 Å². The summed E-state index contributed by atoms with van der Waals surface area (Å²) in [5.41, 5.74) is 0.243. The molecule has 0 spiro atoms. The van der Waals surface area contributed by atoms with E-state index < -0.39 is 20.0 Å². The number of ether oxygens (including phenoxy) is 2. The van der Waals surface area contributed by atoms with Gasteiger partial charge in [-0.3, -0.25) is 9.44 Å². The van der Waals surface area contributed by atoms with Crippen LogP contribution in [0.5, 0.6) is 11.5 Å². The first-order valence-corrected chi connectivity index (χ1v) is 12.6. The van der Waals surface area contributed by atoms with Gasteiger partial charge in [-0.05, 0) is 48.5 Å². The van der Waals surface area contributed by atoms with Crippen LogP contribution in [-0.4, -0.2) is 41.3 Å². The number of methoxy groups -OCH3 is 1. The van der Waals surface area contributed by atoms with Crippen molar-refractivity contribution in [1.82, 2.24) is 4.98 Å². The van der Waals surface area contributed by atoms with Gasteiger partial charge in [0, 0.05) is 17.3 Å². The van der Waals surface area contributed by atoms with Gasteiger partial charge in [0.1, 0.15) is 23.9 Å². The highest BCUT2D eigenvalue weighted by atomic mass is 32.2. The van der Waals surface area contributed by atoms with E-state index in [2.05, 4.69) is 14.4 Å². The van der Waals surface area contributed by atoms with Crippen LogP contribution in [0, 0.1) is 0 Å². The molecule has 3 aromatic rings. The van der Waals surface area contributed by atoms with Gasteiger partial charge in [-0.1, -0.05) is 0 Å². The molecule has 0 amide bonds. The van der Waals surface area contributed by atoms with Crippen LogP contribution in [0.3, 0.4) is 0 Å². The summed E-state index contributed by atoms with van der Waals surface area (Å²) in [6, 6.07) is 12.1. The standard InChI is InChI=1S/C18H19N3O6S3/c1-26-15-4-6-16(7-5-15)27-11-13-29(22,23)20-14-2-8-17(9-3-14)30(24,25)21-18-19-10-12-28-18/h2-10,12,20H,11,13H2,1H3,(H,19,21). The van der Waals surface area contributed by atoms with Gasteiger partial charge in [0.25, 0.3) is 10.0 Å². The van der Waals surface area contributed by atoms with Crippen molar-refractivity contribution in [2.45, 2.75) is 4.90 Å². The molecule has 160 valence electrons. The SMILES string of the molecule is COc1ccc(OCCS(=O)(=O)Nc2ccc(S(=O)(=O)Nc3nccs3)cc2)cc1. The Balaban J connectivity index is 1.55. The van der Waals surface area contributed by atoms with E-state index in [-0.39, 0.29) is 28.1 Å². The largest absolute Gasteiger partial charge is 0.497 e. The molecule has 0 saturated carbocycles. The summed E-state index contributed by atoms with van der Waals surface area (Å²) < 4.78 is 64.3. The van der Waals surface area contributed by atoms with Crippen LogP contribution in [-0.2, 0) is 20.0 Å². The first-order chi connectivity index (χ1) is 14.3. The molecule has 12 heteroatoms. The molecule has 1 aromatic heterocycles. The van der Waals surface area contributed by atoms with Crippen LogP contribution in [0.2, 0.25) is 0 Å². The molecular formula is C18H19N3O6S3. The van der Waals surface area contributed by atoms with Crippen LogP contribution >= 0.6 is 11.3 Å². The van der Waals surface area contributed by atoms with E-state index in [1.165, 1.54) is 30.5 Å². The van der Waals surface area contributed by atoms with Crippen LogP contribution in [0.25, 0.3) is 0 Å². The Hall–Kier alpha value is -2.83. The quantitative estimate of drug-likeness (QED) is 0.468. The minimum atomic E-state index is -3.80. The third kappa shape index (κ3) is 6.08. The molecule has 0 unspecified atom stereocenters. The predicted molar refractivity (Wildman–Crippen MR) is 115 cm³/mol. The minimum absolute atomic E-state index is 0.0107. The van der Waals surface area contributed by atoms with E-state index in [4.69, 9.17) is 9.47 Å². The Bertz CT molecular complexity index is 1160. The number of sulfonamides is 2. The lowest BCUT2D eigenvalue weighted by atomic mass is 10.3. The van der Waals surface area contributed by atoms with E-state index in [1.807, 2.05) is 0 Å². The van der Waals surface area contributed by atoms with Gasteiger partial charge in [0.15, 0.2) is 5.13 Å². The number of benzene rings is 2. The fourth-order valence-electron chi connectivity index (χ4n) is 2.32. The van der Waals surface area contributed by atoms with Gasteiger partial charge in [-0.15, -0.1) is 11.3 Å². The highest BCUT2D eigenvalue weighted by Gasteiger charge is 2.16. The lowest BCUT2D eigenvalue weighted by Gasteiger charge is -2.11. The molecule has 2 aromatic carbocycles. The second-order valence-corrected chi connectivity index (χ2v) is 10.3. The number of hydrogen-bond acceptors (Lipinski definition) is 8. The zero-order chi connectivity index (χ0) is 21.6. The molecule has 0 aliphatic heterocycles. The maximum atomic E-state index is 12.3. The summed E-state index contributed by atoms with van der Waals surface area (Å²) in [6.45, 7) is -0.0497. The van der Waals surface area contributed by atoms with Crippen molar-refractivity contribution in [3.8, 4) is 11.5 Å². The summed E-state index contributed by atoms with van der Waals surface area (Å²) >= 11 is 1.15. The van der Waals surface area contributed by atoms with Gasteiger partial charge >= 0.3 is 0 Å². The van der Waals surface area contributed by atoms with E-state index in [1.54, 1.807) is 36.8 Å².